The minimum Gasteiger partial charge on any atom is -0.507 e. The highest BCUT2D eigenvalue weighted by molar-refractivity contribution is 5.84. The van der Waals surface area contributed by atoms with Crippen LogP contribution in [0.1, 0.15) is 81.0 Å². The maximum absolute atomic E-state index is 10.7. The molecule has 2 aromatic carbocycles. The summed E-state index contributed by atoms with van der Waals surface area (Å²) in [6.45, 7) is 8.76. The lowest BCUT2D eigenvalue weighted by Crippen LogP contribution is -2.43. The van der Waals surface area contributed by atoms with Gasteiger partial charge in [-0.05, 0) is 104 Å². The van der Waals surface area contributed by atoms with E-state index >= 15 is 0 Å². The molecule has 0 amide bonds. The molecule has 0 bridgehead atoms. The molecule has 182 valence electrons. The number of hydrogen-bond acceptors (Lipinski definition) is 4. The molecule has 0 aromatic heterocycles. The number of aromatic hydroxyl groups is 1. The fourth-order valence-electron chi connectivity index (χ4n) is 7.55. The number of phenols is 1. The number of aliphatic hydroxyl groups is 1. The lowest BCUT2D eigenvalue weighted by molar-refractivity contribution is 0.0502. The summed E-state index contributed by atoms with van der Waals surface area (Å²) in [5.74, 6) is 2.45. The van der Waals surface area contributed by atoms with Gasteiger partial charge in [-0.25, -0.2) is 0 Å². The van der Waals surface area contributed by atoms with E-state index in [0.717, 1.165) is 54.6 Å². The lowest BCUT2D eigenvalue weighted by atomic mass is 9.55. The van der Waals surface area contributed by atoms with Gasteiger partial charge in [-0.15, -0.1) is 0 Å². The number of nitrogens with zero attached hydrogens (tertiary/aromatic N) is 2. The van der Waals surface area contributed by atoms with E-state index in [2.05, 4.69) is 49.9 Å². The molecule has 4 heteroatoms. The van der Waals surface area contributed by atoms with Crippen molar-refractivity contribution < 1.29 is 10.2 Å². The number of rotatable bonds is 6. The van der Waals surface area contributed by atoms with Crippen LogP contribution in [0.15, 0.2) is 41.4 Å². The van der Waals surface area contributed by atoms with E-state index in [1.54, 1.807) is 5.56 Å². The molecule has 3 unspecified atom stereocenters. The Morgan fingerprint density at radius 2 is 1.88 bits per heavy atom. The smallest absolute Gasteiger partial charge is 0.126 e. The predicted octanol–water partition coefficient (Wildman–Crippen LogP) is 6.07. The first kappa shape index (κ1) is 23.4. The van der Waals surface area contributed by atoms with Crippen LogP contribution in [0.2, 0.25) is 0 Å². The average molecular weight is 461 g/mol. The van der Waals surface area contributed by atoms with Gasteiger partial charge >= 0.3 is 0 Å². The number of benzene rings is 2. The first-order chi connectivity index (χ1) is 16.5. The van der Waals surface area contributed by atoms with Crippen LogP contribution in [0.4, 0.5) is 5.69 Å². The van der Waals surface area contributed by atoms with E-state index in [0.29, 0.717) is 17.7 Å². The molecule has 2 saturated carbocycles. The van der Waals surface area contributed by atoms with E-state index in [-0.39, 0.29) is 12.0 Å². The summed E-state index contributed by atoms with van der Waals surface area (Å²) in [6.07, 6.45) is 9.19. The molecule has 2 fully saturated rings. The molecule has 5 rings (SSSR count). The third-order valence-electron chi connectivity index (χ3n) is 9.46. The summed E-state index contributed by atoms with van der Waals surface area (Å²) in [6, 6.07) is 13.0. The summed E-state index contributed by atoms with van der Waals surface area (Å²) >= 11 is 0. The molecule has 34 heavy (non-hydrogen) atoms. The normalized spacial score (nSPS) is 30.1. The van der Waals surface area contributed by atoms with E-state index in [4.69, 9.17) is 4.99 Å². The molecule has 2 aromatic rings. The van der Waals surface area contributed by atoms with E-state index in [9.17, 15) is 10.2 Å². The Kier molecular flexibility index (Phi) is 6.45. The zero-order chi connectivity index (χ0) is 23.9. The molecular formula is C30H40N2O2. The largest absolute Gasteiger partial charge is 0.507 e. The summed E-state index contributed by atoms with van der Waals surface area (Å²) in [5.41, 5.74) is 6.18. The van der Waals surface area contributed by atoms with Gasteiger partial charge < -0.3 is 15.1 Å². The topological polar surface area (TPSA) is 56.1 Å². The van der Waals surface area contributed by atoms with Crippen molar-refractivity contribution >= 4 is 11.9 Å². The van der Waals surface area contributed by atoms with Crippen LogP contribution in [-0.4, -0.2) is 35.6 Å². The van der Waals surface area contributed by atoms with Crippen LogP contribution in [0.25, 0.3) is 0 Å². The molecule has 0 radical (unpaired) electrons. The van der Waals surface area contributed by atoms with Crippen molar-refractivity contribution in [1.29, 1.82) is 0 Å². The van der Waals surface area contributed by atoms with E-state index in [1.165, 1.54) is 31.2 Å². The number of fused-ring (bicyclic) bond motifs is 5. The van der Waals surface area contributed by atoms with Crippen LogP contribution >= 0.6 is 0 Å². The Bertz CT molecular complexity index is 1060. The van der Waals surface area contributed by atoms with Gasteiger partial charge in [0.05, 0.1) is 12.6 Å². The lowest BCUT2D eigenvalue weighted by Gasteiger charge is -2.50. The van der Waals surface area contributed by atoms with Crippen molar-refractivity contribution in [3.8, 4) is 5.75 Å². The number of aryl methyl sites for hydroxylation is 1. The number of anilines is 1. The van der Waals surface area contributed by atoms with Gasteiger partial charge in [-0.3, -0.25) is 4.99 Å². The molecule has 3 aliphatic rings. The van der Waals surface area contributed by atoms with Gasteiger partial charge in [-0.2, -0.15) is 0 Å². The van der Waals surface area contributed by atoms with Gasteiger partial charge in [0.2, 0.25) is 0 Å². The van der Waals surface area contributed by atoms with Gasteiger partial charge in [0.1, 0.15) is 5.75 Å². The highest BCUT2D eigenvalue weighted by Crippen LogP contribution is 2.61. The predicted molar refractivity (Wildman–Crippen MR) is 140 cm³/mol. The molecule has 0 spiro atoms. The van der Waals surface area contributed by atoms with Crippen LogP contribution < -0.4 is 4.90 Å². The Hall–Kier alpha value is -2.33. The maximum Gasteiger partial charge on any atom is 0.126 e. The molecule has 0 saturated heterocycles. The van der Waals surface area contributed by atoms with Gasteiger partial charge in [-0.1, -0.05) is 25.1 Å². The monoisotopic (exact) mass is 460 g/mol. The third kappa shape index (κ3) is 3.94. The van der Waals surface area contributed by atoms with Crippen molar-refractivity contribution in [2.45, 2.75) is 77.9 Å². The summed E-state index contributed by atoms with van der Waals surface area (Å²) in [7, 11) is 0. The van der Waals surface area contributed by atoms with Crippen LogP contribution in [0, 0.1) is 17.3 Å². The summed E-state index contributed by atoms with van der Waals surface area (Å²) < 4.78 is 0. The average Bonchev–Trinajstić information content (AvgIpc) is 3.20. The third-order valence-corrected chi connectivity index (χ3v) is 9.46. The zero-order valence-electron chi connectivity index (χ0n) is 21.0. The summed E-state index contributed by atoms with van der Waals surface area (Å²) in [4.78, 5) is 7.35. The first-order valence-corrected chi connectivity index (χ1v) is 13.3. The van der Waals surface area contributed by atoms with Crippen LogP contribution in [-0.2, 0) is 13.0 Å². The highest BCUT2D eigenvalue weighted by atomic mass is 16.3. The van der Waals surface area contributed by atoms with Gasteiger partial charge in [0, 0.05) is 36.6 Å². The van der Waals surface area contributed by atoms with Crippen LogP contribution in [0.5, 0.6) is 5.75 Å². The number of hydrogen-bond donors (Lipinski definition) is 2. The molecule has 4 nitrogen and oxygen atoms in total. The second kappa shape index (κ2) is 9.37. The van der Waals surface area contributed by atoms with Crippen molar-refractivity contribution in [1.82, 2.24) is 0 Å². The fraction of sp³-hybridized carbons (Fsp3) is 0.567. The molecule has 0 heterocycles. The van der Waals surface area contributed by atoms with Crippen molar-refractivity contribution in [3.05, 3.63) is 58.7 Å². The first-order valence-electron chi connectivity index (χ1n) is 13.3. The van der Waals surface area contributed by atoms with Crippen molar-refractivity contribution in [3.63, 3.8) is 0 Å². The Morgan fingerprint density at radius 3 is 2.62 bits per heavy atom. The minimum atomic E-state index is 0.134. The molecule has 3 aliphatic carbocycles. The molecule has 0 aliphatic heterocycles. The zero-order valence-corrected chi connectivity index (χ0v) is 21.0. The second-order valence-electron chi connectivity index (χ2n) is 10.9. The number of aliphatic hydroxyl groups excluding tert-OH is 1. The van der Waals surface area contributed by atoms with E-state index in [1.807, 2.05) is 18.3 Å². The summed E-state index contributed by atoms with van der Waals surface area (Å²) in [5, 5.41) is 20.2. The Labute approximate surface area is 204 Å². The number of phenolic OH excluding ortho intramolecular Hbond substituents is 1. The maximum atomic E-state index is 10.7. The minimum absolute atomic E-state index is 0.134. The second-order valence-corrected chi connectivity index (χ2v) is 10.9. The molecular weight excluding hydrogens is 420 g/mol. The molecule has 5 atom stereocenters. The van der Waals surface area contributed by atoms with Crippen molar-refractivity contribution in [2.24, 2.45) is 22.2 Å². The van der Waals surface area contributed by atoms with Gasteiger partial charge in [0.25, 0.3) is 0 Å². The SMILES string of the molecule is CCN(CC)c1ccc(/C=N/[C@H]2CCC3C4CCc5cc(CO)ccc5C4CC[C@@]32C)c(O)c1. The molecule has 2 N–H and O–H groups in total. The quantitative estimate of drug-likeness (QED) is 0.514. The van der Waals surface area contributed by atoms with E-state index < -0.39 is 0 Å². The Balaban J connectivity index is 1.33. The number of aliphatic imine (C=N–C) groups is 1. The van der Waals surface area contributed by atoms with Crippen LogP contribution in [0.3, 0.4) is 0 Å². The Morgan fingerprint density at radius 1 is 1.06 bits per heavy atom. The van der Waals surface area contributed by atoms with Crippen molar-refractivity contribution in [2.75, 3.05) is 18.0 Å². The van der Waals surface area contributed by atoms with Gasteiger partial charge in [0.15, 0.2) is 0 Å². The standard InChI is InChI=1S/C30H40N2O2/c1-4-32(5-2)23-9-7-22(28(34)17-23)18-31-29-13-12-27-26-11-8-21-16-20(19-33)6-10-24(21)25(26)14-15-30(27,29)3/h6-7,9-10,16-18,25-27,29,33-34H,4-5,8,11-15,19H2,1-3H3/b31-18+/t25?,26?,27?,29-,30-/m0/s1. The highest BCUT2D eigenvalue weighted by Gasteiger charge is 2.54. The fourth-order valence-corrected chi connectivity index (χ4v) is 7.55.